The van der Waals surface area contributed by atoms with Crippen LogP contribution in [0.5, 0.6) is 0 Å². The van der Waals surface area contributed by atoms with Crippen molar-refractivity contribution in [1.29, 1.82) is 0 Å². The van der Waals surface area contributed by atoms with Crippen molar-refractivity contribution in [2.24, 2.45) is 0 Å². The number of nitrogens with zero attached hydrogens (tertiary/aromatic N) is 3. The van der Waals surface area contributed by atoms with Crippen LogP contribution in [0.2, 0.25) is 10.0 Å². The summed E-state index contributed by atoms with van der Waals surface area (Å²) in [4.78, 5) is 16.0. The van der Waals surface area contributed by atoms with Crippen LogP contribution >= 0.6 is 34.5 Å². The van der Waals surface area contributed by atoms with Gasteiger partial charge in [-0.05, 0) is 36.1 Å². The lowest BCUT2D eigenvalue weighted by Crippen LogP contribution is -2.39. The zero-order valence-electron chi connectivity index (χ0n) is 14.6. The number of halogens is 2. The number of hydrogen-bond acceptors (Lipinski definition) is 5. The SMILES string of the molecule is Cc1ccc(-n2ncc(N3CCOC(c4cccs4)C3)c(Cl)c2=O)cc1Cl. The molecule has 1 aliphatic rings. The Balaban J connectivity index is 1.65. The van der Waals surface area contributed by atoms with E-state index in [9.17, 15) is 4.79 Å². The third-order valence-corrected chi connectivity index (χ3v) is 6.30. The van der Waals surface area contributed by atoms with E-state index < -0.39 is 0 Å². The van der Waals surface area contributed by atoms with E-state index >= 15 is 0 Å². The minimum absolute atomic E-state index is 0.0341. The van der Waals surface area contributed by atoms with E-state index in [0.717, 1.165) is 10.4 Å². The van der Waals surface area contributed by atoms with Gasteiger partial charge in [-0.15, -0.1) is 11.3 Å². The lowest BCUT2D eigenvalue weighted by molar-refractivity contribution is 0.0421. The Morgan fingerprint density at radius 2 is 2.15 bits per heavy atom. The minimum Gasteiger partial charge on any atom is -0.369 e. The normalized spacial score (nSPS) is 17.3. The van der Waals surface area contributed by atoms with E-state index in [1.54, 1.807) is 29.7 Å². The Morgan fingerprint density at radius 1 is 1.30 bits per heavy atom. The second-order valence-corrected chi connectivity index (χ2v) is 8.08. The van der Waals surface area contributed by atoms with Crippen molar-refractivity contribution in [3.63, 3.8) is 0 Å². The van der Waals surface area contributed by atoms with Gasteiger partial charge in [-0.25, -0.2) is 0 Å². The fourth-order valence-corrected chi connectivity index (χ4v) is 4.25. The first-order valence-corrected chi connectivity index (χ1v) is 10.1. The van der Waals surface area contributed by atoms with Crippen LogP contribution in [0.25, 0.3) is 5.69 Å². The number of aryl methyl sites for hydroxylation is 1. The maximum atomic E-state index is 12.8. The first kappa shape index (κ1) is 18.5. The highest BCUT2D eigenvalue weighted by Crippen LogP contribution is 2.31. The number of rotatable bonds is 3. The Bertz CT molecular complexity index is 1020. The predicted molar refractivity (Wildman–Crippen MR) is 110 cm³/mol. The zero-order valence-corrected chi connectivity index (χ0v) is 16.9. The van der Waals surface area contributed by atoms with Crippen molar-refractivity contribution in [3.8, 4) is 5.69 Å². The summed E-state index contributed by atoms with van der Waals surface area (Å²) >= 11 is 14.3. The van der Waals surface area contributed by atoms with Crippen molar-refractivity contribution in [2.45, 2.75) is 13.0 Å². The zero-order chi connectivity index (χ0) is 19.0. The molecule has 4 rings (SSSR count). The van der Waals surface area contributed by atoms with Crippen LogP contribution in [0, 0.1) is 6.92 Å². The average molecular weight is 422 g/mol. The Morgan fingerprint density at radius 3 is 2.89 bits per heavy atom. The first-order chi connectivity index (χ1) is 13.0. The monoisotopic (exact) mass is 421 g/mol. The summed E-state index contributed by atoms with van der Waals surface area (Å²) in [5.41, 5.74) is 1.78. The average Bonchev–Trinajstić information content (AvgIpc) is 3.21. The quantitative estimate of drug-likeness (QED) is 0.624. The molecule has 1 unspecified atom stereocenters. The van der Waals surface area contributed by atoms with Gasteiger partial charge in [0.1, 0.15) is 11.1 Å². The van der Waals surface area contributed by atoms with E-state index in [1.165, 1.54) is 4.68 Å². The molecule has 0 saturated carbocycles. The topological polar surface area (TPSA) is 47.4 Å². The molecule has 27 heavy (non-hydrogen) atoms. The lowest BCUT2D eigenvalue weighted by Gasteiger charge is -2.34. The van der Waals surface area contributed by atoms with Crippen molar-refractivity contribution in [1.82, 2.24) is 9.78 Å². The molecule has 3 heterocycles. The molecular weight excluding hydrogens is 405 g/mol. The smallest absolute Gasteiger partial charge is 0.292 e. The molecule has 0 spiro atoms. The van der Waals surface area contributed by atoms with Crippen molar-refractivity contribution >= 4 is 40.2 Å². The van der Waals surface area contributed by atoms with Crippen LogP contribution in [-0.4, -0.2) is 29.5 Å². The summed E-state index contributed by atoms with van der Waals surface area (Å²) in [6.45, 7) is 3.75. The van der Waals surface area contributed by atoms with Crippen LogP contribution in [0.4, 0.5) is 5.69 Å². The van der Waals surface area contributed by atoms with Gasteiger partial charge in [0.2, 0.25) is 0 Å². The number of morpholine rings is 1. The number of hydrogen-bond donors (Lipinski definition) is 0. The molecule has 0 amide bonds. The van der Waals surface area contributed by atoms with Crippen LogP contribution in [0.15, 0.2) is 46.7 Å². The molecule has 1 saturated heterocycles. The van der Waals surface area contributed by atoms with Gasteiger partial charge in [0, 0.05) is 23.0 Å². The molecule has 1 fully saturated rings. The summed E-state index contributed by atoms with van der Waals surface area (Å²) in [7, 11) is 0. The number of anilines is 1. The fraction of sp³-hybridized carbons (Fsp3) is 0.263. The predicted octanol–water partition coefficient (Wildman–Crippen LogP) is 4.49. The van der Waals surface area contributed by atoms with Crippen LogP contribution in [0.3, 0.4) is 0 Å². The van der Waals surface area contributed by atoms with Gasteiger partial charge >= 0.3 is 0 Å². The van der Waals surface area contributed by atoms with E-state index in [2.05, 4.69) is 16.1 Å². The van der Waals surface area contributed by atoms with Gasteiger partial charge in [0.05, 0.1) is 24.2 Å². The molecule has 0 radical (unpaired) electrons. The highest BCUT2D eigenvalue weighted by molar-refractivity contribution is 7.10. The van der Waals surface area contributed by atoms with Gasteiger partial charge in [-0.2, -0.15) is 9.78 Å². The standard InChI is InChI=1S/C19H17Cl2N3O2S/c1-12-4-5-13(9-14(12)20)24-19(25)18(21)15(10-22-24)23-6-7-26-16(11-23)17-3-2-8-27-17/h2-5,8-10,16H,6-7,11H2,1H3. The van der Waals surface area contributed by atoms with E-state index in [-0.39, 0.29) is 16.7 Å². The van der Waals surface area contributed by atoms with Gasteiger partial charge in [0.25, 0.3) is 5.56 Å². The second-order valence-electron chi connectivity index (χ2n) is 6.32. The molecule has 3 aromatic rings. The highest BCUT2D eigenvalue weighted by atomic mass is 35.5. The molecule has 0 aliphatic carbocycles. The summed E-state index contributed by atoms with van der Waals surface area (Å²) < 4.78 is 7.14. The molecule has 5 nitrogen and oxygen atoms in total. The Kier molecular flexibility index (Phi) is 5.23. The largest absolute Gasteiger partial charge is 0.369 e. The third-order valence-electron chi connectivity index (χ3n) is 4.57. The highest BCUT2D eigenvalue weighted by Gasteiger charge is 2.25. The fourth-order valence-electron chi connectivity index (χ4n) is 3.06. The van der Waals surface area contributed by atoms with Gasteiger partial charge in [-0.3, -0.25) is 4.79 Å². The summed E-state index contributed by atoms with van der Waals surface area (Å²) in [5, 5.41) is 7.08. The molecule has 1 atom stereocenters. The number of aromatic nitrogens is 2. The lowest BCUT2D eigenvalue weighted by atomic mass is 10.2. The van der Waals surface area contributed by atoms with Crippen molar-refractivity contribution in [3.05, 3.63) is 72.7 Å². The maximum absolute atomic E-state index is 12.8. The molecule has 1 aliphatic heterocycles. The first-order valence-electron chi connectivity index (χ1n) is 8.49. The van der Waals surface area contributed by atoms with E-state index in [1.807, 2.05) is 24.4 Å². The van der Waals surface area contributed by atoms with E-state index in [4.69, 9.17) is 27.9 Å². The molecule has 0 bridgehead atoms. The number of benzene rings is 1. The molecule has 1 aromatic carbocycles. The van der Waals surface area contributed by atoms with Crippen LogP contribution < -0.4 is 10.5 Å². The van der Waals surface area contributed by atoms with Gasteiger partial charge in [0.15, 0.2) is 0 Å². The molecule has 0 N–H and O–H groups in total. The minimum atomic E-state index is -0.367. The van der Waals surface area contributed by atoms with Crippen LogP contribution in [-0.2, 0) is 4.74 Å². The molecule has 8 heteroatoms. The van der Waals surface area contributed by atoms with Gasteiger partial charge in [-0.1, -0.05) is 35.3 Å². The second kappa shape index (κ2) is 7.64. The third kappa shape index (κ3) is 3.62. The number of thiophene rings is 1. The maximum Gasteiger partial charge on any atom is 0.292 e. The number of ether oxygens (including phenoxy) is 1. The summed E-state index contributed by atoms with van der Waals surface area (Å²) in [6, 6.07) is 9.42. The van der Waals surface area contributed by atoms with E-state index in [0.29, 0.717) is 36.1 Å². The summed E-state index contributed by atoms with van der Waals surface area (Å²) in [5.74, 6) is 0. The summed E-state index contributed by atoms with van der Waals surface area (Å²) in [6.07, 6.45) is 1.60. The Labute approximate surface area is 170 Å². The van der Waals surface area contributed by atoms with Crippen molar-refractivity contribution < 1.29 is 4.74 Å². The Hall–Kier alpha value is -1.86. The molecular formula is C19H17Cl2N3O2S. The molecule has 140 valence electrons. The van der Waals surface area contributed by atoms with Crippen molar-refractivity contribution in [2.75, 3.05) is 24.6 Å². The van der Waals surface area contributed by atoms with Crippen LogP contribution in [0.1, 0.15) is 16.5 Å². The van der Waals surface area contributed by atoms with Gasteiger partial charge < -0.3 is 9.64 Å². The molecule has 2 aromatic heterocycles.